The van der Waals surface area contributed by atoms with Crippen LogP contribution in [0.3, 0.4) is 0 Å². The highest BCUT2D eigenvalue weighted by Crippen LogP contribution is 2.67. The zero-order chi connectivity index (χ0) is 18.9. The Bertz CT molecular complexity index is 737. The van der Waals surface area contributed by atoms with E-state index in [4.69, 9.17) is 0 Å². The van der Waals surface area contributed by atoms with Crippen molar-refractivity contribution in [2.75, 3.05) is 6.61 Å². The molecule has 0 spiro atoms. The molecule has 3 saturated carbocycles. The number of aliphatic hydroxyl groups is 3. The normalized spacial score (nSPS) is 47.4. The number of rotatable bonds is 2. The van der Waals surface area contributed by atoms with Gasteiger partial charge in [0.15, 0.2) is 11.6 Å². The molecule has 3 N–H and O–H groups in total. The number of hydrogen-bond donors (Lipinski definition) is 3. The van der Waals surface area contributed by atoms with E-state index in [0.717, 1.165) is 31.3 Å². The maximum Gasteiger partial charge on any atom is 0.190 e. The molecule has 4 aliphatic carbocycles. The van der Waals surface area contributed by atoms with E-state index in [2.05, 4.69) is 0 Å². The number of carbonyl (C=O) groups is 2. The van der Waals surface area contributed by atoms with Crippen molar-refractivity contribution in [2.45, 2.75) is 58.0 Å². The first kappa shape index (κ1) is 17.9. The van der Waals surface area contributed by atoms with Gasteiger partial charge in [0.05, 0.1) is 0 Å². The van der Waals surface area contributed by atoms with Crippen LogP contribution in [0, 0.1) is 28.6 Å². The van der Waals surface area contributed by atoms with Crippen LogP contribution in [0.2, 0.25) is 0 Å². The largest absolute Gasteiger partial charge is 0.511 e. The van der Waals surface area contributed by atoms with Gasteiger partial charge in [-0.3, -0.25) is 9.59 Å². The Morgan fingerprint density at radius 1 is 1.15 bits per heavy atom. The first-order valence-electron chi connectivity index (χ1n) is 9.71. The standard InChI is InChI=1S/C21H28O5/c1-19-7-5-16-14(15(19)6-8-21(19,26)18(25)11-22)4-3-12-9-13(23)10-17(24)20(12,16)2/h9-10,14-16,22,24,26H,3-8,11H2,1-2H3. The fourth-order valence-electron chi connectivity index (χ4n) is 6.91. The van der Waals surface area contributed by atoms with E-state index in [1.807, 2.05) is 13.8 Å². The highest BCUT2D eigenvalue weighted by molar-refractivity contribution is 6.01. The van der Waals surface area contributed by atoms with Crippen molar-refractivity contribution in [2.24, 2.45) is 28.6 Å². The Morgan fingerprint density at radius 2 is 1.85 bits per heavy atom. The molecule has 0 aromatic carbocycles. The fourth-order valence-corrected chi connectivity index (χ4v) is 6.91. The minimum Gasteiger partial charge on any atom is -0.511 e. The number of hydrogen-bond acceptors (Lipinski definition) is 5. The van der Waals surface area contributed by atoms with Crippen molar-refractivity contribution in [1.29, 1.82) is 0 Å². The second-order valence-electron chi connectivity index (χ2n) is 9.16. The van der Waals surface area contributed by atoms with Gasteiger partial charge in [-0.1, -0.05) is 12.5 Å². The van der Waals surface area contributed by atoms with Crippen molar-refractivity contribution >= 4 is 11.6 Å². The van der Waals surface area contributed by atoms with Gasteiger partial charge in [-0.2, -0.15) is 0 Å². The maximum absolute atomic E-state index is 12.3. The van der Waals surface area contributed by atoms with Crippen LogP contribution >= 0.6 is 0 Å². The summed E-state index contributed by atoms with van der Waals surface area (Å²) in [4.78, 5) is 24.2. The van der Waals surface area contributed by atoms with Crippen molar-refractivity contribution in [3.05, 3.63) is 23.5 Å². The van der Waals surface area contributed by atoms with Crippen molar-refractivity contribution in [1.82, 2.24) is 0 Å². The Hall–Kier alpha value is -1.46. The van der Waals surface area contributed by atoms with E-state index >= 15 is 0 Å². The molecule has 5 nitrogen and oxygen atoms in total. The lowest BCUT2D eigenvalue weighted by Crippen LogP contribution is -2.58. The molecule has 0 aromatic rings. The molecule has 0 aromatic heterocycles. The third-order valence-corrected chi connectivity index (χ3v) is 8.48. The van der Waals surface area contributed by atoms with E-state index in [0.29, 0.717) is 18.8 Å². The molecule has 3 fully saturated rings. The molecular weight excluding hydrogens is 332 g/mol. The number of ketones is 2. The van der Waals surface area contributed by atoms with Gasteiger partial charge in [-0.25, -0.2) is 0 Å². The fraction of sp³-hybridized carbons (Fsp3) is 0.714. The minimum atomic E-state index is -1.45. The van der Waals surface area contributed by atoms with Gasteiger partial charge in [0, 0.05) is 16.9 Å². The molecule has 0 aliphatic heterocycles. The summed E-state index contributed by atoms with van der Waals surface area (Å²) in [5, 5.41) is 31.2. The topological polar surface area (TPSA) is 94.8 Å². The third-order valence-electron chi connectivity index (χ3n) is 8.48. The van der Waals surface area contributed by atoms with Gasteiger partial charge in [-0.15, -0.1) is 0 Å². The first-order chi connectivity index (χ1) is 12.2. The minimum absolute atomic E-state index is 0.141. The molecule has 142 valence electrons. The Morgan fingerprint density at radius 3 is 2.54 bits per heavy atom. The second kappa shape index (κ2) is 5.52. The summed E-state index contributed by atoms with van der Waals surface area (Å²) in [6.07, 6.45) is 7.35. The zero-order valence-electron chi connectivity index (χ0n) is 15.5. The van der Waals surface area contributed by atoms with Crippen molar-refractivity contribution in [3.63, 3.8) is 0 Å². The van der Waals surface area contributed by atoms with Crippen LogP contribution in [-0.2, 0) is 9.59 Å². The van der Waals surface area contributed by atoms with Gasteiger partial charge in [0.25, 0.3) is 0 Å². The summed E-state index contributed by atoms with van der Waals surface area (Å²) in [6, 6.07) is 0. The van der Waals surface area contributed by atoms with E-state index in [9.17, 15) is 24.9 Å². The lowest BCUT2D eigenvalue weighted by Gasteiger charge is -2.58. The number of allylic oxidation sites excluding steroid dienone is 3. The summed E-state index contributed by atoms with van der Waals surface area (Å²) >= 11 is 0. The quantitative estimate of drug-likeness (QED) is 0.703. The number of carbonyl (C=O) groups excluding carboxylic acids is 2. The second-order valence-corrected chi connectivity index (χ2v) is 9.16. The average molecular weight is 360 g/mol. The van der Waals surface area contributed by atoms with Crippen LogP contribution in [0.1, 0.15) is 52.4 Å². The smallest absolute Gasteiger partial charge is 0.190 e. The van der Waals surface area contributed by atoms with Crippen LogP contribution in [0.25, 0.3) is 0 Å². The van der Waals surface area contributed by atoms with Crippen LogP contribution in [0.4, 0.5) is 0 Å². The molecule has 0 heterocycles. The van der Waals surface area contributed by atoms with Gasteiger partial charge in [0.2, 0.25) is 0 Å². The molecule has 0 bridgehead atoms. The van der Waals surface area contributed by atoms with Crippen LogP contribution in [0.15, 0.2) is 23.5 Å². The Balaban J connectivity index is 1.72. The van der Waals surface area contributed by atoms with E-state index in [1.165, 1.54) is 6.08 Å². The molecule has 0 radical (unpaired) electrons. The molecule has 4 rings (SSSR count). The van der Waals surface area contributed by atoms with Crippen LogP contribution in [-0.4, -0.2) is 39.1 Å². The highest BCUT2D eigenvalue weighted by atomic mass is 16.3. The van der Waals surface area contributed by atoms with Gasteiger partial charge in [-0.05, 0) is 69.3 Å². The van der Waals surface area contributed by atoms with E-state index < -0.39 is 28.8 Å². The molecule has 4 aliphatic rings. The molecular formula is C21H28O5. The summed E-state index contributed by atoms with van der Waals surface area (Å²) < 4.78 is 0. The summed E-state index contributed by atoms with van der Waals surface area (Å²) in [6.45, 7) is 3.42. The molecule has 0 saturated heterocycles. The Kier molecular flexibility index (Phi) is 3.81. The van der Waals surface area contributed by atoms with Crippen LogP contribution < -0.4 is 0 Å². The average Bonchev–Trinajstić information content (AvgIpc) is 2.88. The van der Waals surface area contributed by atoms with Crippen LogP contribution in [0.5, 0.6) is 0 Å². The lowest BCUT2D eigenvalue weighted by molar-refractivity contribution is -0.164. The van der Waals surface area contributed by atoms with Gasteiger partial charge in [0.1, 0.15) is 18.0 Å². The third kappa shape index (κ3) is 1.99. The molecule has 5 heteroatoms. The van der Waals surface area contributed by atoms with Gasteiger partial charge < -0.3 is 15.3 Å². The SMILES string of the molecule is CC12C(O)=CC(=O)C=C1CCC1C2CCC2(C)C1CCC2(O)C(=O)CO. The monoisotopic (exact) mass is 360 g/mol. The Labute approximate surface area is 153 Å². The maximum atomic E-state index is 12.3. The first-order valence-corrected chi connectivity index (χ1v) is 9.71. The van der Waals surface area contributed by atoms with Crippen molar-refractivity contribution < 1.29 is 24.9 Å². The zero-order valence-corrected chi connectivity index (χ0v) is 15.5. The molecule has 6 unspecified atom stereocenters. The summed E-state index contributed by atoms with van der Waals surface area (Å²) in [7, 11) is 0. The predicted octanol–water partition coefficient (Wildman–Crippen LogP) is 2.47. The van der Waals surface area contributed by atoms with Crippen molar-refractivity contribution in [3.8, 4) is 0 Å². The molecule has 0 amide bonds. The molecule has 26 heavy (non-hydrogen) atoms. The predicted molar refractivity (Wildman–Crippen MR) is 95.2 cm³/mol. The number of fused-ring (bicyclic) bond motifs is 5. The van der Waals surface area contributed by atoms with E-state index in [1.54, 1.807) is 6.08 Å². The summed E-state index contributed by atoms with van der Waals surface area (Å²) in [5.74, 6) is 0.243. The highest BCUT2D eigenvalue weighted by Gasteiger charge is 2.66. The summed E-state index contributed by atoms with van der Waals surface area (Å²) in [5.41, 5.74) is -1.48. The van der Waals surface area contributed by atoms with E-state index in [-0.39, 0.29) is 23.4 Å². The molecule has 6 atom stereocenters. The number of aliphatic hydroxyl groups excluding tert-OH is 2. The number of Topliss-reactive ketones (excluding diaryl/α,β-unsaturated/α-hetero) is 1. The van der Waals surface area contributed by atoms with Gasteiger partial charge >= 0.3 is 0 Å². The lowest BCUT2D eigenvalue weighted by atomic mass is 9.46.